The van der Waals surface area contributed by atoms with Crippen molar-refractivity contribution >= 4 is 23.2 Å². The van der Waals surface area contributed by atoms with Gasteiger partial charge >= 0.3 is 0 Å². The molecule has 2 unspecified atom stereocenters. The number of para-hydroxylation sites is 4. The number of hydrogen-bond acceptors (Lipinski definition) is 5. The number of carbonyl (C=O) groups is 2. The first kappa shape index (κ1) is 19.3. The molecule has 0 aromatic heterocycles. The van der Waals surface area contributed by atoms with Crippen molar-refractivity contribution in [2.75, 3.05) is 37.0 Å². The SMILES string of the molecule is CC1CC(=O)Nc2ccccc2N1C(=O)CN(C)CC1COc2ccccc2O1. The number of rotatable bonds is 4. The van der Waals surface area contributed by atoms with Crippen LogP contribution >= 0.6 is 0 Å². The van der Waals surface area contributed by atoms with Crippen molar-refractivity contribution in [3.8, 4) is 11.5 Å². The van der Waals surface area contributed by atoms with Crippen molar-refractivity contribution < 1.29 is 19.1 Å². The number of nitrogens with zero attached hydrogens (tertiary/aromatic N) is 2. The minimum atomic E-state index is -0.222. The Labute approximate surface area is 170 Å². The molecule has 152 valence electrons. The maximum atomic E-state index is 13.2. The van der Waals surface area contributed by atoms with Gasteiger partial charge in [0.1, 0.15) is 12.7 Å². The smallest absolute Gasteiger partial charge is 0.241 e. The third-order valence-electron chi connectivity index (χ3n) is 5.12. The quantitative estimate of drug-likeness (QED) is 0.861. The van der Waals surface area contributed by atoms with Crippen molar-refractivity contribution in [2.45, 2.75) is 25.5 Å². The normalized spacial score (nSPS) is 20.7. The summed E-state index contributed by atoms with van der Waals surface area (Å²) in [6.07, 6.45) is 0.111. The standard InChI is InChI=1S/C22H25N3O4/c1-15-11-21(26)23-17-7-3-4-8-18(17)25(15)22(27)13-24(2)12-16-14-28-19-9-5-6-10-20(19)29-16/h3-10,15-16H,11-14H2,1-2H3,(H,23,26). The van der Waals surface area contributed by atoms with E-state index >= 15 is 0 Å². The largest absolute Gasteiger partial charge is 0.486 e. The number of anilines is 2. The van der Waals surface area contributed by atoms with Crippen LogP contribution in [-0.4, -0.2) is 55.6 Å². The molecule has 7 heteroatoms. The van der Waals surface area contributed by atoms with E-state index in [2.05, 4.69) is 5.32 Å². The van der Waals surface area contributed by atoms with Crippen LogP contribution in [-0.2, 0) is 9.59 Å². The summed E-state index contributed by atoms with van der Waals surface area (Å²) in [5.74, 6) is 1.33. The third kappa shape index (κ3) is 4.19. The number of ether oxygens (including phenoxy) is 2. The van der Waals surface area contributed by atoms with E-state index in [0.717, 1.165) is 17.2 Å². The lowest BCUT2D eigenvalue weighted by molar-refractivity contribution is -0.120. The molecule has 0 radical (unpaired) electrons. The van der Waals surface area contributed by atoms with Crippen LogP contribution in [0.1, 0.15) is 13.3 Å². The van der Waals surface area contributed by atoms with Gasteiger partial charge in [0.05, 0.1) is 17.9 Å². The van der Waals surface area contributed by atoms with E-state index in [1.54, 1.807) is 4.90 Å². The van der Waals surface area contributed by atoms with Crippen LogP contribution in [0.4, 0.5) is 11.4 Å². The molecular formula is C22H25N3O4. The molecule has 2 aliphatic heterocycles. The van der Waals surface area contributed by atoms with Crippen LogP contribution in [0.3, 0.4) is 0 Å². The van der Waals surface area contributed by atoms with Gasteiger partial charge in [0, 0.05) is 19.0 Å². The van der Waals surface area contributed by atoms with Gasteiger partial charge in [0.25, 0.3) is 0 Å². The zero-order valence-electron chi connectivity index (χ0n) is 16.6. The second kappa shape index (κ2) is 8.13. The lowest BCUT2D eigenvalue weighted by Crippen LogP contribution is -2.47. The molecule has 2 aromatic rings. The Morgan fingerprint density at radius 1 is 1.17 bits per heavy atom. The number of nitrogens with one attached hydrogen (secondary N) is 1. The highest BCUT2D eigenvalue weighted by atomic mass is 16.6. The first-order valence-corrected chi connectivity index (χ1v) is 9.79. The Bertz CT molecular complexity index is 916. The van der Waals surface area contributed by atoms with Gasteiger partial charge in [0.2, 0.25) is 11.8 Å². The van der Waals surface area contributed by atoms with Gasteiger partial charge < -0.3 is 19.7 Å². The maximum absolute atomic E-state index is 13.2. The van der Waals surface area contributed by atoms with Crippen molar-refractivity contribution in [1.29, 1.82) is 0 Å². The minimum absolute atomic E-state index is 0.0546. The van der Waals surface area contributed by atoms with Gasteiger partial charge in [0.15, 0.2) is 11.5 Å². The van der Waals surface area contributed by atoms with Gasteiger partial charge in [-0.15, -0.1) is 0 Å². The average molecular weight is 395 g/mol. The van der Waals surface area contributed by atoms with Gasteiger partial charge in [-0.25, -0.2) is 0 Å². The second-order valence-electron chi connectivity index (χ2n) is 7.58. The minimum Gasteiger partial charge on any atom is -0.486 e. The number of carbonyl (C=O) groups excluding carboxylic acids is 2. The van der Waals surface area contributed by atoms with E-state index < -0.39 is 0 Å². The summed E-state index contributed by atoms with van der Waals surface area (Å²) < 4.78 is 11.8. The Morgan fingerprint density at radius 2 is 1.90 bits per heavy atom. The number of hydrogen-bond donors (Lipinski definition) is 1. The van der Waals surface area contributed by atoms with E-state index in [1.807, 2.05) is 67.4 Å². The summed E-state index contributed by atoms with van der Waals surface area (Å²) in [4.78, 5) is 28.9. The molecule has 2 aliphatic rings. The van der Waals surface area contributed by atoms with E-state index in [0.29, 0.717) is 18.8 Å². The summed E-state index contributed by atoms with van der Waals surface area (Å²) in [5.41, 5.74) is 1.40. The zero-order chi connectivity index (χ0) is 20.4. The van der Waals surface area contributed by atoms with Crippen molar-refractivity contribution in [2.24, 2.45) is 0 Å². The third-order valence-corrected chi connectivity index (χ3v) is 5.12. The molecular weight excluding hydrogens is 370 g/mol. The molecule has 2 atom stereocenters. The zero-order valence-corrected chi connectivity index (χ0v) is 16.6. The first-order valence-electron chi connectivity index (χ1n) is 9.79. The van der Waals surface area contributed by atoms with Crippen LogP contribution in [0.2, 0.25) is 0 Å². The molecule has 29 heavy (non-hydrogen) atoms. The molecule has 0 aliphatic carbocycles. The van der Waals surface area contributed by atoms with E-state index in [9.17, 15) is 9.59 Å². The van der Waals surface area contributed by atoms with Crippen molar-refractivity contribution in [3.05, 3.63) is 48.5 Å². The fourth-order valence-electron chi connectivity index (χ4n) is 3.84. The Hall–Kier alpha value is -3.06. The molecule has 0 saturated heterocycles. The monoisotopic (exact) mass is 395 g/mol. The van der Waals surface area contributed by atoms with E-state index in [4.69, 9.17) is 9.47 Å². The van der Waals surface area contributed by atoms with Gasteiger partial charge in [-0.3, -0.25) is 14.5 Å². The van der Waals surface area contributed by atoms with Crippen LogP contribution < -0.4 is 19.7 Å². The lowest BCUT2D eigenvalue weighted by atomic mass is 10.1. The van der Waals surface area contributed by atoms with Gasteiger partial charge in [-0.05, 0) is 38.2 Å². The van der Waals surface area contributed by atoms with Crippen molar-refractivity contribution in [3.63, 3.8) is 0 Å². The predicted octanol–water partition coefficient (Wildman–Crippen LogP) is 2.52. The summed E-state index contributed by atoms with van der Waals surface area (Å²) in [5, 5.41) is 2.88. The Balaban J connectivity index is 1.43. The Kier molecular flexibility index (Phi) is 5.40. The summed E-state index contributed by atoms with van der Waals surface area (Å²) in [7, 11) is 1.89. The topological polar surface area (TPSA) is 71.1 Å². The number of amides is 2. The molecule has 2 amide bonds. The van der Waals surface area contributed by atoms with Crippen LogP contribution in [0, 0.1) is 0 Å². The highest BCUT2D eigenvalue weighted by molar-refractivity contribution is 6.04. The summed E-state index contributed by atoms with van der Waals surface area (Å²) in [6, 6.07) is 14.8. The number of fused-ring (bicyclic) bond motifs is 2. The lowest BCUT2D eigenvalue weighted by Gasteiger charge is -2.32. The first-order chi connectivity index (χ1) is 14.0. The number of likely N-dealkylation sites (N-methyl/N-ethyl adjacent to an activating group) is 1. The molecule has 1 N–H and O–H groups in total. The summed E-state index contributed by atoms with van der Waals surface area (Å²) in [6.45, 7) is 3.11. The molecule has 2 aromatic carbocycles. The van der Waals surface area contributed by atoms with Crippen molar-refractivity contribution in [1.82, 2.24) is 4.90 Å². The molecule has 0 bridgehead atoms. The number of benzene rings is 2. The van der Waals surface area contributed by atoms with Gasteiger partial charge in [-0.1, -0.05) is 24.3 Å². The van der Waals surface area contributed by atoms with Crippen LogP contribution in [0.5, 0.6) is 11.5 Å². The van der Waals surface area contributed by atoms with E-state index in [-0.39, 0.29) is 36.9 Å². The van der Waals surface area contributed by atoms with Crippen LogP contribution in [0.15, 0.2) is 48.5 Å². The van der Waals surface area contributed by atoms with Crippen LogP contribution in [0.25, 0.3) is 0 Å². The fraction of sp³-hybridized carbons (Fsp3) is 0.364. The Morgan fingerprint density at radius 3 is 2.72 bits per heavy atom. The predicted molar refractivity (Wildman–Crippen MR) is 110 cm³/mol. The maximum Gasteiger partial charge on any atom is 0.241 e. The average Bonchev–Trinajstić information content (AvgIpc) is 2.81. The molecule has 7 nitrogen and oxygen atoms in total. The molecule has 4 rings (SSSR count). The van der Waals surface area contributed by atoms with Gasteiger partial charge in [-0.2, -0.15) is 0 Å². The second-order valence-corrected chi connectivity index (χ2v) is 7.58. The highest BCUT2D eigenvalue weighted by Gasteiger charge is 2.30. The van der Waals surface area contributed by atoms with E-state index in [1.165, 1.54) is 0 Å². The molecule has 0 spiro atoms. The summed E-state index contributed by atoms with van der Waals surface area (Å²) >= 11 is 0. The molecule has 2 heterocycles. The fourth-order valence-corrected chi connectivity index (χ4v) is 3.84. The highest BCUT2D eigenvalue weighted by Crippen LogP contribution is 2.32. The molecule has 0 fully saturated rings. The molecule has 0 saturated carbocycles.